The molecule has 30 heavy (non-hydrogen) atoms. The van der Waals surface area contributed by atoms with Gasteiger partial charge in [0.05, 0.1) is 10.4 Å². The predicted octanol–water partition coefficient (Wildman–Crippen LogP) is 8.37. The van der Waals surface area contributed by atoms with E-state index in [1.165, 1.54) is 52.8 Å². The number of hydrogen-bond donors (Lipinski definition) is 0. The van der Waals surface area contributed by atoms with E-state index in [-0.39, 0.29) is 0 Å². The molecule has 2 heterocycles. The molecular formula is C28H19NS. The first-order valence-corrected chi connectivity index (χ1v) is 10.9. The summed E-state index contributed by atoms with van der Waals surface area (Å²) < 4.78 is 2.55. The van der Waals surface area contributed by atoms with E-state index in [2.05, 4.69) is 86.3 Å². The number of rotatable bonds is 2. The van der Waals surface area contributed by atoms with Crippen LogP contribution >= 0.6 is 11.3 Å². The Labute approximate surface area is 178 Å². The summed E-state index contributed by atoms with van der Waals surface area (Å²) in [5.41, 5.74) is 4.71. The molecule has 1 nitrogen and oxygen atoms in total. The first-order valence-electron chi connectivity index (χ1n) is 10.1. The summed E-state index contributed by atoms with van der Waals surface area (Å²) in [4.78, 5) is 4.81. The Bertz CT molecular complexity index is 1620. The molecular weight excluding hydrogens is 382 g/mol. The zero-order valence-electron chi connectivity index (χ0n) is 16.6. The van der Waals surface area contributed by atoms with Crippen LogP contribution in [0.25, 0.3) is 59.1 Å². The number of benzene rings is 4. The van der Waals surface area contributed by atoms with Crippen molar-refractivity contribution in [2.45, 2.75) is 6.92 Å². The van der Waals surface area contributed by atoms with Crippen molar-refractivity contribution in [3.05, 3.63) is 96.7 Å². The smallest absolute Gasteiger partial charge is 0.0880 e. The first kappa shape index (κ1) is 17.4. The molecule has 0 fully saturated rings. The highest BCUT2D eigenvalue weighted by Gasteiger charge is 2.14. The number of aryl methyl sites for hydroxylation is 1. The Kier molecular flexibility index (Phi) is 3.77. The van der Waals surface area contributed by atoms with Crippen LogP contribution in [-0.2, 0) is 0 Å². The van der Waals surface area contributed by atoms with E-state index >= 15 is 0 Å². The molecule has 0 saturated heterocycles. The Balaban J connectivity index is 1.71. The van der Waals surface area contributed by atoms with E-state index in [0.717, 1.165) is 11.3 Å². The van der Waals surface area contributed by atoms with Gasteiger partial charge < -0.3 is 0 Å². The topological polar surface area (TPSA) is 12.9 Å². The molecule has 0 unspecified atom stereocenters. The summed E-state index contributed by atoms with van der Waals surface area (Å²) in [5, 5.41) is 7.64. The van der Waals surface area contributed by atoms with Crippen molar-refractivity contribution in [3.63, 3.8) is 0 Å². The number of nitrogens with zero attached hydrogens (tertiary/aromatic N) is 1. The van der Waals surface area contributed by atoms with Gasteiger partial charge >= 0.3 is 0 Å². The molecule has 6 aromatic rings. The van der Waals surface area contributed by atoms with Gasteiger partial charge in [0.1, 0.15) is 0 Å². The first-order chi connectivity index (χ1) is 14.8. The standard InChI is InChI=1S/C28H19NS/c1-3-19-17(2)20-8-4-5-9-21(20)25-16-18(12-13-22(19)25)27-28-24(14-15-29-27)23-10-6-7-11-26(23)30-28/h3-16H,1H2,2H3. The SMILES string of the molecule is C=Cc1c(C)c2ccccc2c2cc(-c3nccc4c3sc3ccccc34)ccc12. The largest absolute Gasteiger partial charge is 0.255 e. The van der Waals surface area contributed by atoms with Crippen molar-refractivity contribution in [1.82, 2.24) is 4.98 Å². The monoisotopic (exact) mass is 401 g/mol. The maximum absolute atomic E-state index is 4.81. The molecule has 0 amide bonds. The van der Waals surface area contributed by atoms with E-state index in [4.69, 9.17) is 4.98 Å². The van der Waals surface area contributed by atoms with Gasteiger partial charge in [0, 0.05) is 27.2 Å². The fraction of sp³-hybridized carbons (Fsp3) is 0.0357. The third-order valence-corrected chi connectivity index (χ3v) is 7.30. The molecule has 0 bridgehead atoms. The zero-order valence-corrected chi connectivity index (χ0v) is 17.5. The van der Waals surface area contributed by atoms with Gasteiger partial charge in [-0.25, -0.2) is 0 Å². The molecule has 0 saturated carbocycles. The lowest BCUT2D eigenvalue weighted by molar-refractivity contribution is 1.37. The van der Waals surface area contributed by atoms with Crippen LogP contribution in [0.2, 0.25) is 0 Å². The summed E-state index contributed by atoms with van der Waals surface area (Å²) in [5.74, 6) is 0. The molecule has 142 valence electrons. The molecule has 0 radical (unpaired) electrons. The van der Waals surface area contributed by atoms with Crippen LogP contribution in [0.3, 0.4) is 0 Å². The number of fused-ring (bicyclic) bond motifs is 6. The molecule has 6 rings (SSSR count). The molecule has 0 N–H and O–H groups in total. The quantitative estimate of drug-likeness (QED) is 0.266. The van der Waals surface area contributed by atoms with Crippen LogP contribution in [0.4, 0.5) is 0 Å². The van der Waals surface area contributed by atoms with Crippen LogP contribution in [0.15, 0.2) is 85.6 Å². The van der Waals surface area contributed by atoms with E-state index < -0.39 is 0 Å². The summed E-state index contributed by atoms with van der Waals surface area (Å²) in [6.45, 7) is 6.27. The second-order valence-corrected chi connectivity index (χ2v) is 8.74. The maximum atomic E-state index is 4.81. The third-order valence-electron chi connectivity index (χ3n) is 6.11. The van der Waals surface area contributed by atoms with Crippen molar-refractivity contribution >= 4 is 59.1 Å². The fourth-order valence-electron chi connectivity index (χ4n) is 4.66. The Hall–Kier alpha value is -3.49. The van der Waals surface area contributed by atoms with Gasteiger partial charge in [-0.3, -0.25) is 4.98 Å². The summed E-state index contributed by atoms with van der Waals surface area (Å²) >= 11 is 1.82. The van der Waals surface area contributed by atoms with E-state index in [1.54, 1.807) is 0 Å². The summed E-state index contributed by atoms with van der Waals surface area (Å²) in [7, 11) is 0. The van der Waals surface area contributed by atoms with Gasteiger partial charge in [-0.1, -0.05) is 67.3 Å². The van der Waals surface area contributed by atoms with Gasteiger partial charge in [0.15, 0.2) is 0 Å². The lowest BCUT2D eigenvalue weighted by atomic mass is 9.91. The minimum atomic E-state index is 1.06. The zero-order chi connectivity index (χ0) is 20.2. The van der Waals surface area contributed by atoms with Crippen LogP contribution in [0.5, 0.6) is 0 Å². The van der Waals surface area contributed by atoms with E-state index in [9.17, 15) is 0 Å². The molecule has 0 aliphatic carbocycles. The fourth-order valence-corrected chi connectivity index (χ4v) is 5.87. The number of pyridine rings is 1. The highest BCUT2D eigenvalue weighted by atomic mass is 32.1. The third kappa shape index (κ3) is 2.38. The Morgan fingerprint density at radius 3 is 2.37 bits per heavy atom. The van der Waals surface area contributed by atoms with Crippen LogP contribution in [0.1, 0.15) is 11.1 Å². The molecule has 0 spiro atoms. The van der Waals surface area contributed by atoms with E-state index in [1.807, 2.05) is 23.6 Å². The van der Waals surface area contributed by atoms with Crippen molar-refractivity contribution in [2.24, 2.45) is 0 Å². The molecule has 2 aromatic heterocycles. The summed E-state index contributed by atoms with van der Waals surface area (Å²) in [6.07, 6.45) is 3.91. The molecule has 2 heteroatoms. The van der Waals surface area contributed by atoms with Crippen molar-refractivity contribution < 1.29 is 0 Å². The maximum Gasteiger partial charge on any atom is 0.0880 e. The van der Waals surface area contributed by atoms with Gasteiger partial charge in [-0.2, -0.15) is 0 Å². The highest BCUT2D eigenvalue weighted by molar-refractivity contribution is 7.26. The van der Waals surface area contributed by atoms with Gasteiger partial charge in [0.25, 0.3) is 0 Å². The van der Waals surface area contributed by atoms with Crippen molar-refractivity contribution in [3.8, 4) is 11.3 Å². The van der Waals surface area contributed by atoms with Crippen LogP contribution in [-0.4, -0.2) is 4.98 Å². The lowest BCUT2D eigenvalue weighted by Crippen LogP contribution is -1.90. The number of hydrogen-bond acceptors (Lipinski definition) is 2. The second-order valence-electron chi connectivity index (χ2n) is 7.68. The van der Waals surface area contributed by atoms with Gasteiger partial charge in [-0.15, -0.1) is 11.3 Å². The summed E-state index contributed by atoms with van der Waals surface area (Å²) in [6, 6.07) is 26.1. The Morgan fingerprint density at radius 2 is 1.53 bits per heavy atom. The number of thiophene rings is 1. The molecule has 4 aromatic carbocycles. The second kappa shape index (κ2) is 6.51. The predicted molar refractivity (Wildman–Crippen MR) is 132 cm³/mol. The highest BCUT2D eigenvalue weighted by Crippen LogP contribution is 2.40. The minimum Gasteiger partial charge on any atom is -0.255 e. The van der Waals surface area contributed by atoms with Crippen LogP contribution in [0, 0.1) is 6.92 Å². The Morgan fingerprint density at radius 1 is 0.767 bits per heavy atom. The van der Waals surface area contributed by atoms with Gasteiger partial charge in [0.2, 0.25) is 0 Å². The molecule has 0 aliphatic heterocycles. The average Bonchev–Trinajstić information content (AvgIpc) is 3.18. The van der Waals surface area contributed by atoms with E-state index in [0.29, 0.717) is 0 Å². The lowest BCUT2D eigenvalue weighted by Gasteiger charge is -2.14. The molecule has 0 atom stereocenters. The minimum absolute atomic E-state index is 1.06. The normalized spacial score (nSPS) is 11.6. The van der Waals surface area contributed by atoms with Crippen molar-refractivity contribution in [2.75, 3.05) is 0 Å². The van der Waals surface area contributed by atoms with Crippen molar-refractivity contribution in [1.29, 1.82) is 0 Å². The van der Waals surface area contributed by atoms with Crippen LogP contribution < -0.4 is 0 Å². The number of aromatic nitrogens is 1. The average molecular weight is 402 g/mol. The van der Waals surface area contributed by atoms with Gasteiger partial charge in [-0.05, 0) is 57.8 Å². The molecule has 0 aliphatic rings.